The smallest absolute Gasteiger partial charge is 0.179 e. The van der Waals surface area contributed by atoms with Crippen LogP contribution in [-0.2, 0) is 6.42 Å². The largest absolute Gasteiger partial charge is 0.395 e. The van der Waals surface area contributed by atoms with Crippen molar-refractivity contribution < 1.29 is 5.11 Å². The average molecular weight is 534 g/mol. The molecule has 1 aliphatic carbocycles. The normalized spacial score (nSPS) is 18.4. The minimum absolute atomic E-state index is 0.00235. The maximum atomic E-state index is 9.05. The zero-order chi connectivity index (χ0) is 25.4. The van der Waals surface area contributed by atoms with Gasteiger partial charge in [-0.2, -0.15) is 0 Å². The summed E-state index contributed by atoms with van der Waals surface area (Å²) in [6.45, 7) is 2.21. The van der Waals surface area contributed by atoms with Crippen LogP contribution in [0.25, 0.3) is 11.2 Å². The first-order valence-electron chi connectivity index (χ1n) is 12.5. The van der Waals surface area contributed by atoms with E-state index in [0.29, 0.717) is 23.0 Å². The molecule has 37 heavy (non-hydrogen) atoms. The fourth-order valence-electron chi connectivity index (χ4n) is 5.49. The molecule has 1 aliphatic heterocycles. The predicted molar refractivity (Wildman–Crippen MR) is 147 cm³/mol. The highest BCUT2D eigenvalue weighted by molar-refractivity contribution is 7.99. The fraction of sp³-hybridized carbons (Fsp3) is 0.333. The maximum Gasteiger partial charge on any atom is 0.179 e. The van der Waals surface area contributed by atoms with Crippen molar-refractivity contribution in [2.75, 3.05) is 36.5 Å². The Bertz CT molecular complexity index is 1440. The first-order valence-corrected chi connectivity index (χ1v) is 13.6. The van der Waals surface area contributed by atoms with Crippen molar-refractivity contribution in [2.24, 2.45) is 11.1 Å². The van der Waals surface area contributed by atoms with Crippen LogP contribution in [0.2, 0.25) is 5.02 Å². The van der Waals surface area contributed by atoms with E-state index in [2.05, 4.69) is 44.5 Å². The number of aliphatic hydroxyl groups is 1. The van der Waals surface area contributed by atoms with E-state index < -0.39 is 0 Å². The van der Waals surface area contributed by atoms with Crippen LogP contribution in [0.15, 0.2) is 64.8 Å². The molecule has 0 unspecified atom stereocenters. The van der Waals surface area contributed by atoms with E-state index in [0.717, 1.165) is 53.6 Å². The molecule has 1 aromatic carbocycles. The quantitative estimate of drug-likeness (QED) is 0.330. The van der Waals surface area contributed by atoms with Crippen molar-refractivity contribution in [3.05, 3.63) is 71.0 Å². The first kappa shape index (κ1) is 24.4. The highest BCUT2D eigenvalue weighted by Crippen LogP contribution is 2.50. The third-order valence-corrected chi connectivity index (χ3v) is 9.01. The zero-order valence-corrected chi connectivity index (χ0v) is 21.8. The Morgan fingerprint density at radius 1 is 1.11 bits per heavy atom. The van der Waals surface area contributed by atoms with Crippen molar-refractivity contribution in [3.8, 4) is 0 Å². The van der Waals surface area contributed by atoms with E-state index >= 15 is 0 Å². The number of nitrogens with two attached hydrogens (primary N) is 1. The summed E-state index contributed by atoms with van der Waals surface area (Å²) in [5.41, 5.74) is 11.0. The Morgan fingerprint density at radius 2 is 1.95 bits per heavy atom. The molecule has 6 rings (SSSR count). The molecule has 4 heterocycles. The molecular weight excluding hydrogens is 506 g/mol. The summed E-state index contributed by atoms with van der Waals surface area (Å²) in [6.07, 6.45) is 6.64. The molecule has 4 N–H and O–H groups in total. The number of aliphatic hydroxyl groups excluding tert-OH is 1. The van der Waals surface area contributed by atoms with Crippen LogP contribution in [0.5, 0.6) is 0 Å². The van der Waals surface area contributed by atoms with Crippen LogP contribution < -0.4 is 16.0 Å². The molecule has 3 aromatic heterocycles. The first-order chi connectivity index (χ1) is 18.1. The van der Waals surface area contributed by atoms with Crippen molar-refractivity contribution in [1.82, 2.24) is 19.9 Å². The third kappa shape index (κ3) is 4.61. The summed E-state index contributed by atoms with van der Waals surface area (Å²) in [4.78, 5) is 21.6. The van der Waals surface area contributed by atoms with Crippen molar-refractivity contribution in [2.45, 2.75) is 35.2 Å². The molecule has 1 spiro atoms. The summed E-state index contributed by atoms with van der Waals surface area (Å²) in [5.74, 6) is 1.42. The van der Waals surface area contributed by atoms with Crippen LogP contribution in [0.4, 0.5) is 11.6 Å². The Labute approximate surface area is 224 Å². The fourth-order valence-corrected chi connectivity index (χ4v) is 6.59. The topological polar surface area (TPSA) is 113 Å². The number of benzene rings is 1. The van der Waals surface area contributed by atoms with Gasteiger partial charge in [-0.25, -0.2) is 19.9 Å². The number of nitrogens with zero attached hydrogens (tertiary/aromatic N) is 5. The van der Waals surface area contributed by atoms with E-state index in [1.807, 2.05) is 24.4 Å². The van der Waals surface area contributed by atoms with Gasteiger partial charge in [-0.3, -0.25) is 0 Å². The highest BCUT2D eigenvalue weighted by atomic mass is 35.5. The number of piperidine rings is 1. The summed E-state index contributed by atoms with van der Waals surface area (Å²) in [7, 11) is 0. The van der Waals surface area contributed by atoms with Gasteiger partial charge in [0, 0.05) is 36.8 Å². The molecule has 0 bridgehead atoms. The Balaban J connectivity index is 1.16. The lowest BCUT2D eigenvalue weighted by molar-refractivity contribution is 0.187. The van der Waals surface area contributed by atoms with Gasteiger partial charge < -0.3 is 21.1 Å². The molecule has 10 heteroatoms. The highest BCUT2D eigenvalue weighted by Gasteiger charge is 2.45. The summed E-state index contributed by atoms with van der Waals surface area (Å²) >= 11 is 7.94. The Morgan fingerprint density at radius 3 is 2.76 bits per heavy atom. The van der Waals surface area contributed by atoms with Gasteiger partial charge in [0.05, 0.1) is 17.8 Å². The van der Waals surface area contributed by atoms with Gasteiger partial charge in [0.25, 0.3) is 0 Å². The van der Waals surface area contributed by atoms with Crippen molar-refractivity contribution in [3.63, 3.8) is 0 Å². The van der Waals surface area contributed by atoms with Crippen LogP contribution in [0, 0.1) is 5.41 Å². The lowest BCUT2D eigenvalue weighted by Gasteiger charge is -2.42. The number of halogens is 1. The minimum Gasteiger partial charge on any atom is -0.395 e. The molecule has 1 atom stereocenters. The summed E-state index contributed by atoms with van der Waals surface area (Å²) < 4.78 is 0. The van der Waals surface area contributed by atoms with Crippen LogP contribution in [0.1, 0.15) is 30.0 Å². The Kier molecular flexibility index (Phi) is 6.62. The van der Waals surface area contributed by atoms with Gasteiger partial charge in [0.15, 0.2) is 5.65 Å². The zero-order valence-electron chi connectivity index (χ0n) is 20.3. The second-order valence-corrected chi connectivity index (χ2v) is 11.1. The van der Waals surface area contributed by atoms with Gasteiger partial charge in [-0.05, 0) is 54.0 Å². The standard InChI is InChI=1S/C27H28ClN7OS/c28-23-20(7-10-30-26(23)31-11-14-36)37-22-6-5-19-25(34-22)32-16-21(33-19)35-12-8-27(9-13-35)15-17-3-1-2-4-18(17)24(27)29/h1-7,10,16,24,36H,8-9,11-15,29H2,(H,30,31)/t24-/m1/s1. The van der Waals surface area contributed by atoms with Gasteiger partial charge in [0.1, 0.15) is 22.2 Å². The molecule has 0 saturated carbocycles. The van der Waals surface area contributed by atoms with Crippen LogP contribution in [-0.4, -0.2) is 51.3 Å². The van der Waals surface area contributed by atoms with E-state index in [1.54, 1.807) is 6.20 Å². The van der Waals surface area contributed by atoms with Crippen LogP contribution in [0.3, 0.4) is 0 Å². The molecule has 4 aromatic rings. The molecule has 0 radical (unpaired) electrons. The van der Waals surface area contributed by atoms with E-state index in [1.165, 1.54) is 22.9 Å². The number of hydrogen-bond donors (Lipinski definition) is 3. The molecule has 1 saturated heterocycles. The van der Waals surface area contributed by atoms with Crippen molar-refractivity contribution in [1.29, 1.82) is 0 Å². The number of pyridine rings is 2. The number of anilines is 2. The molecular formula is C27H28ClN7OS. The molecule has 8 nitrogen and oxygen atoms in total. The third-order valence-electron chi connectivity index (χ3n) is 7.51. The van der Waals surface area contributed by atoms with Gasteiger partial charge >= 0.3 is 0 Å². The maximum absolute atomic E-state index is 9.05. The average Bonchev–Trinajstić information content (AvgIpc) is 3.20. The second kappa shape index (κ2) is 10.1. The number of fused-ring (bicyclic) bond motifs is 2. The predicted octanol–water partition coefficient (Wildman–Crippen LogP) is 4.47. The van der Waals surface area contributed by atoms with E-state index in [-0.39, 0.29) is 18.1 Å². The van der Waals surface area contributed by atoms with E-state index in [9.17, 15) is 0 Å². The monoisotopic (exact) mass is 533 g/mol. The lowest BCUT2D eigenvalue weighted by atomic mass is 9.73. The molecule has 190 valence electrons. The summed E-state index contributed by atoms with van der Waals surface area (Å²) in [5, 5.41) is 13.3. The number of rotatable bonds is 6. The van der Waals surface area contributed by atoms with Crippen molar-refractivity contribution >= 4 is 46.2 Å². The molecule has 0 amide bonds. The molecule has 2 aliphatic rings. The number of aromatic nitrogens is 4. The van der Waals surface area contributed by atoms with Gasteiger partial charge in [-0.15, -0.1) is 0 Å². The second-order valence-electron chi connectivity index (χ2n) is 9.65. The van der Waals surface area contributed by atoms with Crippen LogP contribution >= 0.6 is 23.4 Å². The SMILES string of the molecule is N[C@@H]1c2ccccc2CC12CCN(c1cnc3nc(Sc4ccnc(NCCO)c4Cl)ccc3n1)CC2. The van der Waals surface area contributed by atoms with E-state index in [4.69, 9.17) is 32.4 Å². The number of nitrogens with one attached hydrogen (secondary N) is 1. The minimum atomic E-state index is 0.00235. The van der Waals surface area contributed by atoms with Gasteiger partial charge in [0.2, 0.25) is 0 Å². The lowest BCUT2D eigenvalue weighted by Crippen LogP contribution is -2.44. The molecule has 1 fully saturated rings. The number of hydrogen-bond acceptors (Lipinski definition) is 9. The van der Waals surface area contributed by atoms with Gasteiger partial charge in [-0.1, -0.05) is 47.6 Å². The Hall–Kier alpha value is -2.98. The summed E-state index contributed by atoms with van der Waals surface area (Å²) in [6, 6.07) is 14.4.